The van der Waals surface area contributed by atoms with Gasteiger partial charge in [-0.05, 0) is 27.4 Å². The molecular formula is C10H19NO4. The second kappa shape index (κ2) is 4.92. The molecule has 0 saturated carbocycles. The lowest BCUT2D eigenvalue weighted by molar-refractivity contribution is -0.240. The molecule has 1 aliphatic rings. The average Bonchev–Trinajstić information content (AvgIpc) is 2.08. The van der Waals surface area contributed by atoms with Crippen LogP contribution in [0.3, 0.4) is 0 Å². The van der Waals surface area contributed by atoms with Gasteiger partial charge >= 0.3 is 5.97 Å². The van der Waals surface area contributed by atoms with Crippen LogP contribution >= 0.6 is 0 Å². The molecule has 0 aliphatic carbocycles. The Labute approximate surface area is 90.0 Å². The first-order valence-corrected chi connectivity index (χ1v) is 5.09. The minimum absolute atomic E-state index is 0.00681. The number of ether oxygens (including phenoxy) is 2. The summed E-state index contributed by atoms with van der Waals surface area (Å²) in [5.74, 6) is -0.399. The van der Waals surface area contributed by atoms with Gasteiger partial charge in [0, 0.05) is 6.92 Å². The molecule has 5 heteroatoms. The summed E-state index contributed by atoms with van der Waals surface area (Å²) in [6.07, 6.45) is -0.930. The smallest absolute Gasteiger partial charge is 0.303 e. The van der Waals surface area contributed by atoms with Gasteiger partial charge in [0.15, 0.2) is 12.4 Å². The van der Waals surface area contributed by atoms with E-state index in [4.69, 9.17) is 9.47 Å². The van der Waals surface area contributed by atoms with Crippen molar-refractivity contribution in [2.75, 3.05) is 14.1 Å². The fourth-order valence-corrected chi connectivity index (χ4v) is 1.87. The van der Waals surface area contributed by atoms with Crippen LogP contribution in [0.25, 0.3) is 0 Å². The van der Waals surface area contributed by atoms with Crippen molar-refractivity contribution in [3.05, 3.63) is 0 Å². The molecule has 1 unspecified atom stereocenters. The zero-order chi connectivity index (χ0) is 11.6. The molecule has 1 heterocycles. The second-order valence-electron chi connectivity index (χ2n) is 4.18. The van der Waals surface area contributed by atoms with Gasteiger partial charge in [-0.1, -0.05) is 0 Å². The normalized spacial score (nSPS) is 36.7. The van der Waals surface area contributed by atoms with Gasteiger partial charge in [0.25, 0.3) is 0 Å². The Kier molecular flexibility index (Phi) is 4.07. The third kappa shape index (κ3) is 3.15. The Morgan fingerprint density at radius 3 is 2.60 bits per heavy atom. The molecule has 1 saturated heterocycles. The van der Waals surface area contributed by atoms with Gasteiger partial charge in [-0.15, -0.1) is 0 Å². The molecule has 1 fully saturated rings. The summed E-state index contributed by atoms with van der Waals surface area (Å²) in [5.41, 5.74) is 0. The zero-order valence-electron chi connectivity index (χ0n) is 9.64. The van der Waals surface area contributed by atoms with Gasteiger partial charge in [-0.25, -0.2) is 0 Å². The molecular weight excluding hydrogens is 198 g/mol. The lowest BCUT2D eigenvalue weighted by Gasteiger charge is -2.40. The van der Waals surface area contributed by atoms with Crippen LogP contribution in [-0.2, 0) is 14.3 Å². The second-order valence-corrected chi connectivity index (χ2v) is 4.18. The highest BCUT2D eigenvalue weighted by Crippen LogP contribution is 2.24. The Hall–Kier alpha value is -0.650. The lowest BCUT2D eigenvalue weighted by atomic mass is 9.99. The number of aliphatic hydroxyl groups is 1. The number of esters is 1. The van der Waals surface area contributed by atoms with E-state index in [0.717, 1.165) is 6.42 Å². The number of likely N-dealkylation sites (N-methyl/N-ethyl adjacent to an activating group) is 1. The average molecular weight is 217 g/mol. The van der Waals surface area contributed by atoms with Crippen molar-refractivity contribution < 1.29 is 19.4 Å². The maximum atomic E-state index is 10.9. The first-order chi connectivity index (χ1) is 6.91. The minimum atomic E-state index is -1.04. The van der Waals surface area contributed by atoms with E-state index in [-0.39, 0.29) is 12.1 Å². The van der Waals surface area contributed by atoms with Crippen LogP contribution in [0.1, 0.15) is 20.3 Å². The van der Waals surface area contributed by atoms with Crippen molar-refractivity contribution in [1.29, 1.82) is 0 Å². The highest BCUT2D eigenvalue weighted by atomic mass is 16.6. The first-order valence-electron chi connectivity index (χ1n) is 5.09. The number of rotatable bonds is 2. The van der Waals surface area contributed by atoms with Crippen molar-refractivity contribution in [2.24, 2.45) is 0 Å². The quantitative estimate of drug-likeness (QED) is 0.658. The van der Waals surface area contributed by atoms with Crippen molar-refractivity contribution in [2.45, 2.75) is 44.8 Å². The van der Waals surface area contributed by atoms with Crippen LogP contribution in [0.2, 0.25) is 0 Å². The van der Waals surface area contributed by atoms with Crippen LogP contribution in [0.5, 0.6) is 0 Å². The van der Waals surface area contributed by atoms with Gasteiger partial charge in [-0.3, -0.25) is 4.79 Å². The summed E-state index contributed by atoms with van der Waals surface area (Å²) in [6.45, 7) is 3.22. The maximum Gasteiger partial charge on any atom is 0.303 e. The van der Waals surface area contributed by atoms with E-state index in [2.05, 4.69) is 0 Å². The number of nitrogens with zero attached hydrogens (tertiary/aromatic N) is 1. The molecule has 0 aromatic rings. The monoisotopic (exact) mass is 217 g/mol. The Morgan fingerprint density at radius 2 is 2.13 bits per heavy atom. The molecule has 5 nitrogen and oxygen atoms in total. The molecule has 0 aromatic heterocycles. The van der Waals surface area contributed by atoms with Crippen molar-refractivity contribution >= 4 is 5.97 Å². The summed E-state index contributed by atoms with van der Waals surface area (Å²) >= 11 is 0. The van der Waals surface area contributed by atoms with Crippen LogP contribution in [0, 0.1) is 0 Å². The summed E-state index contributed by atoms with van der Waals surface area (Å²) < 4.78 is 10.3. The van der Waals surface area contributed by atoms with Crippen molar-refractivity contribution in [3.63, 3.8) is 0 Å². The largest absolute Gasteiger partial charge is 0.455 e. The van der Waals surface area contributed by atoms with Gasteiger partial charge in [-0.2, -0.15) is 0 Å². The van der Waals surface area contributed by atoms with E-state index in [0.29, 0.717) is 0 Å². The predicted molar refractivity (Wildman–Crippen MR) is 54.2 cm³/mol. The summed E-state index contributed by atoms with van der Waals surface area (Å²) in [7, 11) is 3.79. The number of aliphatic hydroxyl groups excluding tert-OH is 1. The molecule has 0 bridgehead atoms. The molecule has 0 amide bonds. The van der Waals surface area contributed by atoms with E-state index < -0.39 is 18.4 Å². The van der Waals surface area contributed by atoms with E-state index >= 15 is 0 Å². The Morgan fingerprint density at radius 1 is 1.53 bits per heavy atom. The molecule has 1 N–H and O–H groups in total. The summed E-state index contributed by atoms with van der Waals surface area (Å²) in [4.78, 5) is 12.8. The molecule has 1 rings (SSSR count). The van der Waals surface area contributed by atoms with E-state index in [1.807, 2.05) is 25.9 Å². The molecule has 0 radical (unpaired) electrons. The predicted octanol–water partition coefficient (Wildman–Crippen LogP) is -0.0245. The number of hydrogen-bond donors (Lipinski definition) is 1. The topological polar surface area (TPSA) is 59.0 Å². The standard InChI is InChI=1S/C10H19NO4/c1-6-5-8(11(3)4)9(10(13)14-6)15-7(2)12/h6,8-10,13H,5H2,1-4H3/t6-,8+,9-,10?/m1/s1. The third-order valence-corrected chi connectivity index (χ3v) is 2.57. The van der Waals surface area contributed by atoms with E-state index in [1.54, 1.807) is 0 Å². The van der Waals surface area contributed by atoms with Crippen molar-refractivity contribution in [3.8, 4) is 0 Å². The van der Waals surface area contributed by atoms with Crippen LogP contribution in [0.4, 0.5) is 0 Å². The fraction of sp³-hybridized carbons (Fsp3) is 0.900. The van der Waals surface area contributed by atoms with Gasteiger partial charge < -0.3 is 19.5 Å². The molecule has 1 aliphatic heterocycles. The summed E-state index contributed by atoms with van der Waals surface area (Å²) in [5, 5.41) is 9.68. The molecule has 15 heavy (non-hydrogen) atoms. The van der Waals surface area contributed by atoms with E-state index in [9.17, 15) is 9.90 Å². The Bertz CT molecular complexity index is 231. The SMILES string of the molecule is CC(=O)O[C@H]1C(O)O[C@H](C)C[C@@H]1N(C)C. The molecule has 0 aromatic carbocycles. The Balaban J connectivity index is 2.73. The molecule has 0 spiro atoms. The highest BCUT2D eigenvalue weighted by molar-refractivity contribution is 5.66. The number of carbonyl (C=O) groups is 1. The first kappa shape index (κ1) is 12.4. The van der Waals surface area contributed by atoms with Crippen LogP contribution < -0.4 is 0 Å². The molecule has 4 atom stereocenters. The van der Waals surface area contributed by atoms with Gasteiger partial charge in [0.2, 0.25) is 0 Å². The third-order valence-electron chi connectivity index (χ3n) is 2.57. The van der Waals surface area contributed by atoms with Crippen LogP contribution in [0.15, 0.2) is 0 Å². The van der Waals surface area contributed by atoms with Gasteiger partial charge in [0.1, 0.15) is 0 Å². The van der Waals surface area contributed by atoms with Crippen molar-refractivity contribution in [1.82, 2.24) is 4.90 Å². The molecule has 88 valence electrons. The zero-order valence-corrected chi connectivity index (χ0v) is 9.64. The lowest BCUT2D eigenvalue weighted by Crippen LogP contribution is -2.54. The summed E-state index contributed by atoms with van der Waals surface area (Å²) in [6, 6.07) is -0.00681. The number of carbonyl (C=O) groups excluding carboxylic acids is 1. The van der Waals surface area contributed by atoms with Crippen LogP contribution in [-0.4, -0.2) is 54.6 Å². The minimum Gasteiger partial charge on any atom is -0.455 e. The van der Waals surface area contributed by atoms with Gasteiger partial charge in [0.05, 0.1) is 12.1 Å². The van der Waals surface area contributed by atoms with E-state index in [1.165, 1.54) is 6.92 Å². The highest BCUT2D eigenvalue weighted by Gasteiger charge is 2.39. The number of hydrogen-bond acceptors (Lipinski definition) is 5. The maximum absolute atomic E-state index is 10.9. The fourth-order valence-electron chi connectivity index (χ4n) is 1.87.